The fraction of sp³-hybridized carbons (Fsp3) is 0.188. The van der Waals surface area contributed by atoms with Gasteiger partial charge in [0.15, 0.2) is 0 Å². The van der Waals surface area contributed by atoms with E-state index in [-0.39, 0.29) is 12.4 Å². The van der Waals surface area contributed by atoms with Crippen molar-refractivity contribution in [3.63, 3.8) is 0 Å². The van der Waals surface area contributed by atoms with Crippen molar-refractivity contribution in [1.29, 1.82) is 0 Å². The summed E-state index contributed by atoms with van der Waals surface area (Å²) in [4.78, 5) is 15.7. The highest BCUT2D eigenvalue weighted by molar-refractivity contribution is 6.00. The summed E-state index contributed by atoms with van der Waals surface area (Å²) in [6.07, 6.45) is 4.47. The van der Waals surface area contributed by atoms with Crippen LogP contribution >= 0.6 is 12.4 Å². The molecule has 0 bridgehead atoms. The number of amides is 1. The van der Waals surface area contributed by atoms with Gasteiger partial charge >= 0.3 is 6.09 Å². The van der Waals surface area contributed by atoms with Crippen molar-refractivity contribution in [1.82, 2.24) is 10.4 Å². The van der Waals surface area contributed by atoms with Crippen LogP contribution in [0.25, 0.3) is 0 Å². The first-order chi connectivity index (χ1) is 10.3. The molecular weight excluding hydrogens is 302 g/mol. The zero-order valence-corrected chi connectivity index (χ0v) is 13.0. The number of hydrogen-bond acceptors (Lipinski definition) is 4. The molecule has 1 heterocycles. The van der Waals surface area contributed by atoms with E-state index in [4.69, 9.17) is 4.74 Å². The number of hydrazone groups is 1. The molecule has 0 spiro atoms. The Balaban J connectivity index is 0.00000242. The van der Waals surface area contributed by atoms with Gasteiger partial charge in [0, 0.05) is 18.0 Å². The van der Waals surface area contributed by atoms with Crippen molar-refractivity contribution in [3.05, 3.63) is 60.4 Å². The van der Waals surface area contributed by atoms with Crippen LogP contribution in [-0.4, -0.2) is 16.8 Å². The van der Waals surface area contributed by atoms with E-state index in [1.165, 1.54) is 0 Å². The summed E-state index contributed by atoms with van der Waals surface area (Å²) < 4.78 is 5.11. The van der Waals surface area contributed by atoms with E-state index in [0.29, 0.717) is 5.75 Å². The van der Waals surface area contributed by atoms with E-state index in [2.05, 4.69) is 22.4 Å². The van der Waals surface area contributed by atoms with E-state index in [1.54, 1.807) is 36.7 Å². The maximum atomic E-state index is 11.7. The smallest absolute Gasteiger partial charge is 0.409 e. The van der Waals surface area contributed by atoms with Crippen molar-refractivity contribution in [2.45, 2.75) is 19.8 Å². The Morgan fingerprint density at radius 2 is 1.86 bits per heavy atom. The minimum Gasteiger partial charge on any atom is -0.409 e. The molecule has 5 nitrogen and oxygen atoms in total. The summed E-state index contributed by atoms with van der Waals surface area (Å²) in [5.41, 5.74) is 4.15. The molecule has 1 aromatic heterocycles. The monoisotopic (exact) mass is 319 g/mol. The second kappa shape index (κ2) is 9.52. The molecule has 116 valence electrons. The number of benzene rings is 1. The van der Waals surface area contributed by atoms with Crippen LogP contribution in [0.1, 0.15) is 25.3 Å². The molecule has 0 atom stereocenters. The van der Waals surface area contributed by atoms with Gasteiger partial charge in [-0.25, -0.2) is 10.2 Å². The normalized spacial score (nSPS) is 10.5. The number of para-hydroxylation sites is 1. The third-order valence-electron chi connectivity index (χ3n) is 2.74. The highest BCUT2D eigenvalue weighted by Gasteiger charge is 2.06. The molecule has 0 fully saturated rings. The molecule has 0 saturated carbocycles. The first kappa shape index (κ1) is 17.7. The topological polar surface area (TPSA) is 63.6 Å². The molecule has 0 radical (unpaired) electrons. The average molecular weight is 320 g/mol. The van der Waals surface area contributed by atoms with Gasteiger partial charge in [0.2, 0.25) is 0 Å². The molecule has 0 aliphatic carbocycles. The van der Waals surface area contributed by atoms with Crippen LogP contribution in [-0.2, 0) is 0 Å². The van der Waals surface area contributed by atoms with Crippen molar-refractivity contribution >= 4 is 24.2 Å². The standard InChI is InChI=1S/C16H17N3O2.ClH/c1-2-6-15(13-9-11-17-12-10-13)18-19-16(20)21-14-7-4-3-5-8-14;/h3-5,7-12H,2,6H2,1H3,(H,19,20);1H. The third-order valence-corrected chi connectivity index (χ3v) is 2.74. The van der Waals surface area contributed by atoms with Gasteiger partial charge in [0.1, 0.15) is 5.75 Å². The number of pyridine rings is 1. The van der Waals surface area contributed by atoms with Crippen LogP contribution in [0, 0.1) is 0 Å². The van der Waals surface area contributed by atoms with Crippen LogP contribution in [0.15, 0.2) is 60.0 Å². The third kappa shape index (κ3) is 5.54. The van der Waals surface area contributed by atoms with E-state index >= 15 is 0 Å². The number of hydrogen-bond donors (Lipinski definition) is 1. The van der Waals surface area contributed by atoms with Gasteiger partial charge in [-0.3, -0.25) is 4.98 Å². The zero-order valence-electron chi connectivity index (χ0n) is 12.2. The molecule has 0 aliphatic heterocycles. The molecule has 0 aliphatic rings. The number of nitrogens with one attached hydrogen (secondary N) is 1. The molecular formula is C16H18ClN3O2. The Labute approximate surface area is 135 Å². The number of halogens is 1. The van der Waals surface area contributed by atoms with Crippen LogP contribution in [0.3, 0.4) is 0 Å². The summed E-state index contributed by atoms with van der Waals surface area (Å²) >= 11 is 0. The lowest BCUT2D eigenvalue weighted by Crippen LogP contribution is -2.23. The van der Waals surface area contributed by atoms with Crippen LogP contribution in [0.4, 0.5) is 4.79 Å². The first-order valence-corrected chi connectivity index (χ1v) is 6.79. The van der Waals surface area contributed by atoms with Gasteiger partial charge in [-0.1, -0.05) is 31.5 Å². The van der Waals surface area contributed by atoms with Crippen molar-refractivity contribution in [3.8, 4) is 5.75 Å². The minimum absolute atomic E-state index is 0. The van der Waals surface area contributed by atoms with Gasteiger partial charge in [-0.15, -0.1) is 12.4 Å². The summed E-state index contributed by atoms with van der Waals surface area (Å²) in [5, 5.41) is 4.14. The highest BCUT2D eigenvalue weighted by atomic mass is 35.5. The van der Waals surface area contributed by atoms with Gasteiger partial charge in [0.25, 0.3) is 0 Å². The van der Waals surface area contributed by atoms with Gasteiger partial charge in [-0.05, 0) is 30.7 Å². The largest absolute Gasteiger partial charge is 0.433 e. The molecule has 1 amide bonds. The number of aromatic nitrogens is 1. The Kier molecular flexibility index (Phi) is 7.64. The van der Waals surface area contributed by atoms with Crippen LogP contribution < -0.4 is 10.2 Å². The summed E-state index contributed by atoms with van der Waals surface area (Å²) in [6.45, 7) is 2.05. The molecule has 6 heteroatoms. The summed E-state index contributed by atoms with van der Waals surface area (Å²) in [5.74, 6) is 0.478. The van der Waals surface area contributed by atoms with E-state index in [9.17, 15) is 4.79 Å². The SMILES string of the molecule is CCCC(=NNC(=O)Oc1ccccc1)c1ccncc1.Cl. The van der Waals surface area contributed by atoms with Crippen molar-refractivity contribution in [2.24, 2.45) is 5.10 Å². The molecule has 0 saturated heterocycles. The number of ether oxygens (including phenoxy) is 1. The molecule has 22 heavy (non-hydrogen) atoms. The first-order valence-electron chi connectivity index (χ1n) is 6.79. The van der Waals surface area contributed by atoms with Gasteiger partial charge in [-0.2, -0.15) is 5.10 Å². The maximum Gasteiger partial charge on any atom is 0.433 e. The molecule has 2 rings (SSSR count). The molecule has 1 aromatic carbocycles. The average Bonchev–Trinajstić information content (AvgIpc) is 2.53. The lowest BCUT2D eigenvalue weighted by Gasteiger charge is -2.06. The van der Waals surface area contributed by atoms with Gasteiger partial charge < -0.3 is 4.74 Å². The molecule has 1 N–H and O–H groups in total. The van der Waals surface area contributed by atoms with E-state index in [1.807, 2.05) is 18.2 Å². The van der Waals surface area contributed by atoms with Crippen molar-refractivity contribution < 1.29 is 9.53 Å². The predicted molar refractivity (Wildman–Crippen MR) is 88.5 cm³/mol. The number of carbonyl (C=O) groups is 1. The zero-order chi connectivity index (χ0) is 14.9. The Morgan fingerprint density at radius 1 is 1.18 bits per heavy atom. The molecule has 2 aromatic rings. The lowest BCUT2D eigenvalue weighted by atomic mass is 10.1. The summed E-state index contributed by atoms with van der Waals surface area (Å²) in [7, 11) is 0. The van der Waals surface area contributed by atoms with Gasteiger partial charge in [0.05, 0.1) is 5.71 Å². The maximum absolute atomic E-state index is 11.7. The second-order valence-corrected chi connectivity index (χ2v) is 4.36. The van der Waals surface area contributed by atoms with E-state index < -0.39 is 6.09 Å². The quantitative estimate of drug-likeness (QED) is 0.673. The summed E-state index contributed by atoms with van der Waals surface area (Å²) in [6, 6.07) is 12.6. The minimum atomic E-state index is -0.608. The Morgan fingerprint density at radius 3 is 2.50 bits per heavy atom. The second-order valence-electron chi connectivity index (χ2n) is 4.36. The Hall–Kier alpha value is -2.40. The van der Waals surface area contributed by atoms with E-state index in [0.717, 1.165) is 24.1 Å². The van der Waals surface area contributed by atoms with Crippen LogP contribution in [0.5, 0.6) is 5.75 Å². The Bertz CT molecular complexity index is 603. The predicted octanol–water partition coefficient (Wildman–Crippen LogP) is 3.80. The fourth-order valence-corrected chi connectivity index (χ4v) is 1.78. The number of rotatable bonds is 5. The van der Waals surface area contributed by atoms with Crippen LogP contribution in [0.2, 0.25) is 0 Å². The fourth-order valence-electron chi connectivity index (χ4n) is 1.78. The highest BCUT2D eigenvalue weighted by Crippen LogP contribution is 2.08. The number of carbonyl (C=O) groups excluding carboxylic acids is 1. The molecule has 0 unspecified atom stereocenters. The van der Waals surface area contributed by atoms with Crippen molar-refractivity contribution in [2.75, 3.05) is 0 Å². The lowest BCUT2D eigenvalue weighted by molar-refractivity contribution is 0.201. The number of nitrogens with zero attached hydrogens (tertiary/aromatic N) is 2.